The molecule has 2 heterocycles. The monoisotopic (exact) mass is 314 g/mol. The smallest absolute Gasteiger partial charge is 0.232 e. The van der Waals surface area contributed by atoms with Crippen LogP contribution in [-0.4, -0.2) is 39.2 Å². The van der Waals surface area contributed by atoms with Crippen LogP contribution in [0.4, 0.5) is 11.4 Å². The van der Waals surface area contributed by atoms with Crippen LogP contribution in [0, 0.1) is 5.92 Å². The van der Waals surface area contributed by atoms with E-state index in [9.17, 15) is 4.79 Å². The minimum absolute atomic E-state index is 0.123. The molecule has 7 nitrogen and oxygen atoms in total. The zero-order chi connectivity index (χ0) is 16.2. The molecule has 0 saturated carbocycles. The van der Waals surface area contributed by atoms with E-state index in [4.69, 9.17) is 0 Å². The molecular formula is C16H22N6O. The predicted molar refractivity (Wildman–Crippen MR) is 88.2 cm³/mol. The third-order valence-electron chi connectivity index (χ3n) is 4.33. The van der Waals surface area contributed by atoms with Gasteiger partial charge in [0.05, 0.1) is 6.42 Å². The second kappa shape index (κ2) is 6.76. The number of nitrogens with zero attached hydrogens (tertiary/aromatic N) is 5. The molecule has 1 aromatic heterocycles. The summed E-state index contributed by atoms with van der Waals surface area (Å²) in [6.07, 6.45) is 2.64. The Morgan fingerprint density at radius 1 is 1.26 bits per heavy atom. The van der Waals surface area contributed by atoms with Crippen molar-refractivity contribution in [2.45, 2.75) is 26.2 Å². The second-order valence-corrected chi connectivity index (χ2v) is 6.16. The van der Waals surface area contributed by atoms with Gasteiger partial charge >= 0.3 is 0 Å². The topological polar surface area (TPSA) is 75.9 Å². The van der Waals surface area contributed by atoms with E-state index < -0.39 is 0 Å². The van der Waals surface area contributed by atoms with Crippen LogP contribution in [0.3, 0.4) is 0 Å². The molecule has 23 heavy (non-hydrogen) atoms. The van der Waals surface area contributed by atoms with Gasteiger partial charge in [0.25, 0.3) is 0 Å². The van der Waals surface area contributed by atoms with Gasteiger partial charge in [-0.15, -0.1) is 5.10 Å². The number of aromatic nitrogens is 4. The summed E-state index contributed by atoms with van der Waals surface area (Å²) in [6, 6.07) is 8.02. The zero-order valence-corrected chi connectivity index (χ0v) is 13.6. The number of carbonyl (C=O) groups excluding carboxylic acids is 1. The van der Waals surface area contributed by atoms with Gasteiger partial charge in [0.15, 0.2) is 5.82 Å². The molecule has 1 aromatic carbocycles. The lowest BCUT2D eigenvalue weighted by atomic mass is 9.99. The van der Waals surface area contributed by atoms with Crippen LogP contribution in [-0.2, 0) is 18.3 Å². The number of rotatable bonds is 4. The maximum absolute atomic E-state index is 12.0. The van der Waals surface area contributed by atoms with Crippen molar-refractivity contribution in [2.75, 3.05) is 23.3 Å². The van der Waals surface area contributed by atoms with E-state index in [2.05, 4.69) is 44.8 Å². The van der Waals surface area contributed by atoms with Crippen LogP contribution in [0.25, 0.3) is 0 Å². The molecular weight excluding hydrogens is 292 g/mol. The van der Waals surface area contributed by atoms with E-state index in [0.29, 0.717) is 5.82 Å². The highest BCUT2D eigenvalue weighted by Crippen LogP contribution is 2.24. The van der Waals surface area contributed by atoms with Gasteiger partial charge in [-0.25, -0.2) is 4.68 Å². The average molecular weight is 314 g/mol. The molecule has 7 heteroatoms. The molecule has 1 N–H and O–H groups in total. The molecule has 0 aliphatic carbocycles. The Hall–Kier alpha value is -2.44. The van der Waals surface area contributed by atoms with E-state index in [1.807, 2.05) is 12.1 Å². The van der Waals surface area contributed by atoms with Crippen molar-refractivity contribution in [1.82, 2.24) is 20.2 Å². The minimum Gasteiger partial charge on any atom is -0.372 e. The van der Waals surface area contributed by atoms with Crippen LogP contribution >= 0.6 is 0 Å². The van der Waals surface area contributed by atoms with Crippen molar-refractivity contribution in [2.24, 2.45) is 13.0 Å². The maximum atomic E-state index is 12.0. The highest BCUT2D eigenvalue weighted by Gasteiger charge is 2.16. The van der Waals surface area contributed by atoms with Crippen molar-refractivity contribution < 1.29 is 4.79 Å². The number of hydrogen-bond acceptors (Lipinski definition) is 5. The molecule has 1 fully saturated rings. The van der Waals surface area contributed by atoms with Gasteiger partial charge in [0.2, 0.25) is 5.91 Å². The van der Waals surface area contributed by atoms with Gasteiger partial charge < -0.3 is 10.2 Å². The summed E-state index contributed by atoms with van der Waals surface area (Å²) in [7, 11) is 1.72. The molecule has 1 aliphatic heterocycles. The maximum Gasteiger partial charge on any atom is 0.232 e. The summed E-state index contributed by atoms with van der Waals surface area (Å²) in [6.45, 7) is 4.51. The molecule has 1 saturated heterocycles. The summed E-state index contributed by atoms with van der Waals surface area (Å²) in [5.74, 6) is 1.24. The molecule has 122 valence electrons. The summed E-state index contributed by atoms with van der Waals surface area (Å²) in [4.78, 5) is 14.4. The van der Waals surface area contributed by atoms with Gasteiger partial charge in [-0.2, -0.15) is 0 Å². The Morgan fingerprint density at radius 3 is 2.57 bits per heavy atom. The highest BCUT2D eigenvalue weighted by atomic mass is 16.1. The number of nitrogens with one attached hydrogen (secondary N) is 1. The van der Waals surface area contributed by atoms with Gasteiger partial charge in [0.1, 0.15) is 0 Å². The fourth-order valence-electron chi connectivity index (χ4n) is 2.77. The third kappa shape index (κ3) is 3.85. The predicted octanol–water partition coefficient (Wildman–Crippen LogP) is 1.63. The Bertz CT molecular complexity index is 657. The van der Waals surface area contributed by atoms with E-state index >= 15 is 0 Å². The van der Waals surface area contributed by atoms with Gasteiger partial charge in [-0.3, -0.25) is 4.79 Å². The fraction of sp³-hybridized carbons (Fsp3) is 0.500. The third-order valence-corrected chi connectivity index (χ3v) is 4.33. The zero-order valence-electron chi connectivity index (χ0n) is 13.6. The highest BCUT2D eigenvalue weighted by molar-refractivity contribution is 5.92. The van der Waals surface area contributed by atoms with Crippen molar-refractivity contribution >= 4 is 17.3 Å². The summed E-state index contributed by atoms with van der Waals surface area (Å²) in [5.41, 5.74) is 2.01. The SMILES string of the molecule is CC1CCN(c2ccc(NC(=O)Cc3nnnn3C)cc2)CC1. The molecule has 2 aromatic rings. The number of aryl methyl sites for hydroxylation is 1. The number of tetrazole rings is 1. The molecule has 1 aliphatic rings. The van der Waals surface area contributed by atoms with Crippen LogP contribution in [0.1, 0.15) is 25.6 Å². The Balaban J connectivity index is 1.57. The quantitative estimate of drug-likeness (QED) is 0.928. The Kier molecular flexibility index (Phi) is 4.55. The molecule has 0 spiro atoms. The first-order valence-electron chi connectivity index (χ1n) is 7.98. The largest absolute Gasteiger partial charge is 0.372 e. The van der Waals surface area contributed by atoms with Crippen LogP contribution in [0.5, 0.6) is 0 Å². The lowest BCUT2D eigenvalue weighted by Crippen LogP contribution is -2.32. The molecule has 0 bridgehead atoms. The first-order chi connectivity index (χ1) is 11.1. The molecule has 3 rings (SSSR count). The van der Waals surface area contributed by atoms with Crippen molar-refractivity contribution in [3.05, 3.63) is 30.1 Å². The van der Waals surface area contributed by atoms with E-state index in [0.717, 1.165) is 24.7 Å². The summed E-state index contributed by atoms with van der Waals surface area (Å²) < 4.78 is 1.50. The Labute approximate surface area is 135 Å². The fourth-order valence-corrected chi connectivity index (χ4v) is 2.77. The van der Waals surface area contributed by atoms with E-state index in [1.165, 1.54) is 23.2 Å². The first kappa shape index (κ1) is 15.5. The molecule has 0 radical (unpaired) electrons. The van der Waals surface area contributed by atoms with Gasteiger partial charge in [-0.1, -0.05) is 6.92 Å². The van der Waals surface area contributed by atoms with Crippen molar-refractivity contribution in [3.8, 4) is 0 Å². The van der Waals surface area contributed by atoms with E-state index in [-0.39, 0.29) is 12.3 Å². The van der Waals surface area contributed by atoms with E-state index in [1.54, 1.807) is 7.05 Å². The number of benzene rings is 1. The normalized spacial score (nSPS) is 15.7. The summed E-state index contributed by atoms with van der Waals surface area (Å²) >= 11 is 0. The van der Waals surface area contributed by atoms with Crippen LogP contribution in [0.15, 0.2) is 24.3 Å². The number of carbonyl (C=O) groups is 1. The average Bonchev–Trinajstić information content (AvgIpc) is 2.94. The standard InChI is InChI=1S/C16H22N6O/c1-12-7-9-22(10-8-12)14-5-3-13(4-6-14)17-16(23)11-15-18-19-20-21(15)2/h3-6,12H,7-11H2,1-2H3,(H,17,23). The van der Waals surface area contributed by atoms with Gasteiger partial charge in [0, 0.05) is 31.5 Å². The van der Waals surface area contributed by atoms with Crippen LogP contribution < -0.4 is 10.2 Å². The van der Waals surface area contributed by atoms with Crippen LogP contribution in [0.2, 0.25) is 0 Å². The lowest BCUT2D eigenvalue weighted by molar-refractivity contribution is -0.115. The van der Waals surface area contributed by atoms with Crippen molar-refractivity contribution in [1.29, 1.82) is 0 Å². The summed E-state index contributed by atoms with van der Waals surface area (Å²) in [5, 5.41) is 13.9. The van der Waals surface area contributed by atoms with Gasteiger partial charge in [-0.05, 0) is 53.5 Å². The molecule has 0 unspecified atom stereocenters. The second-order valence-electron chi connectivity index (χ2n) is 6.16. The molecule has 0 atom stereocenters. The number of amides is 1. The first-order valence-corrected chi connectivity index (χ1v) is 7.98. The Morgan fingerprint density at radius 2 is 1.96 bits per heavy atom. The number of piperidine rings is 1. The minimum atomic E-state index is -0.123. The lowest BCUT2D eigenvalue weighted by Gasteiger charge is -2.32. The number of anilines is 2. The number of hydrogen-bond donors (Lipinski definition) is 1. The van der Waals surface area contributed by atoms with Crippen molar-refractivity contribution in [3.63, 3.8) is 0 Å². The molecule has 1 amide bonds.